The van der Waals surface area contributed by atoms with Gasteiger partial charge in [-0.25, -0.2) is 0 Å². The Balaban J connectivity index is 2.48. The van der Waals surface area contributed by atoms with Crippen molar-refractivity contribution in [1.29, 1.82) is 0 Å². The third-order valence-corrected chi connectivity index (χ3v) is 3.64. The molecule has 5 heteroatoms. The van der Waals surface area contributed by atoms with Crippen molar-refractivity contribution in [3.05, 3.63) is 36.9 Å². The predicted octanol–water partition coefficient (Wildman–Crippen LogP) is 2.22. The van der Waals surface area contributed by atoms with E-state index in [1.807, 2.05) is 35.4 Å². The largest absolute Gasteiger partial charge is 0.395 e. The Labute approximate surface area is 124 Å². The standard InChI is InChI=1S/C15H22N2O2S/c1-3-9-17(11-12-18)10-8-15(19)16-13-6-4-5-7-14(13)20-2/h3-7,18H,1,8-12H2,2H3,(H,16,19). The van der Waals surface area contributed by atoms with E-state index in [1.54, 1.807) is 17.8 Å². The number of para-hydroxylation sites is 1. The highest BCUT2D eigenvalue weighted by Crippen LogP contribution is 2.24. The van der Waals surface area contributed by atoms with Crippen LogP contribution in [0.25, 0.3) is 0 Å². The number of thioether (sulfide) groups is 1. The van der Waals surface area contributed by atoms with Crippen LogP contribution < -0.4 is 5.32 Å². The molecule has 4 nitrogen and oxygen atoms in total. The van der Waals surface area contributed by atoms with Gasteiger partial charge in [-0.05, 0) is 18.4 Å². The summed E-state index contributed by atoms with van der Waals surface area (Å²) in [6, 6.07) is 7.74. The number of rotatable bonds is 9. The minimum absolute atomic E-state index is 0.0153. The summed E-state index contributed by atoms with van der Waals surface area (Å²) in [5.41, 5.74) is 0.849. The first-order valence-corrected chi connectivity index (χ1v) is 7.80. The first-order valence-electron chi connectivity index (χ1n) is 6.58. The van der Waals surface area contributed by atoms with Gasteiger partial charge in [0.15, 0.2) is 0 Å². The van der Waals surface area contributed by atoms with E-state index in [4.69, 9.17) is 5.11 Å². The van der Waals surface area contributed by atoms with E-state index in [-0.39, 0.29) is 12.5 Å². The molecule has 1 aromatic carbocycles. The maximum absolute atomic E-state index is 12.0. The minimum Gasteiger partial charge on any atom is -0.395 e. The van der Waals surface area contributed by atoms with E-state index in [0.29, 0.717) is 26.1 Å². The summed E-state index contributed by atoms with van der Waals surface area (Å²) < 4.78 is 0. The van der Waals surface area contributed by atoms with Crippen LogP contribution in [0.3, 0.4) is 0 Å². The van der Waals surface area contributed by atoms with Gasteiger partial charge in [0.1, 0.15) is 0 Å². The van der Waals surface area contributed by atoms with E-state index in [1.165, 1.54) is 0 Å². The van der Waals surface area contributed by atoms with Gasteiger partial charge in [0.05, 0.1) is 12.3 Å². The second kappa shape index (κ2) is 9.58. The molecular weight excluding hydrogens is 272 g/mol. The summed E-state index contributed by atoms with van der Waals surface area (Å²) in [5, 5.41) is 11.9. The van der Waals surface area contributed by atoms with Crippen molar-refractivity contribution in [2.24, 2.45) is 0 Å². The Bertz CT molecular complexity index is 438. The van der Waals surface area contributed by atoms with Crippen LogP contribution in [0, 0.1) is 0 Å². The third kappa shape index (κ3) is 5.77. The lowest BCUT2D eigenvalue weighted by atomic mass is 10.3. The predicted molar refractivity (Wildman–Crippen MR) is 85.2 cm³/mol. The Hall–Kier alpha value is -1.30. The highest BCUT2D eigenvalue weighted by Gasteiger charge is 2.08. The van der Waals surface area contributed by atoms with Crippen LogP contribution in [-0.4, -0.2) is 48.4 Å². The van der Waals surface area contributed by atoms with Crippen molar-refractivity contribution in [3.8, 4) is 0 Å². The molecule has 1 aromatic rings. The number of aliphatic hydroxyl groups is 1. The fourth-order valence-electron chi connectivity index (χ4n) is 1.84. The molecule has 1 rings (SSSR count). The molecule has 20 heavy (non-hydrogen) atoms. The molecule has 0 fully saturated rings. The number of nitrogens with zero attached hydrogens (tertiary/aromatic N) is 1. The number of carbonyl (C=O) groups is 1. The van der Waals surface area contributed by atoms with Crippen LogP contribution in [0.15, 0.2) is 41.8 Å². The first-order chi connectivity index (χ1) is 9.71. The van der Waals surface area contributed by atoms with Crippen LogP contribution in [0.5, 0.6) is 0 Å². The Kier molecular flexibility index (Phi) is 8.02. The minimum atomic E-state index is -0.0153. The lowest BCUT2D eigenvalue weighted by Crippen LogP contribution is -2.30. The van der Waals surface area contributed by atoms with E-state index < -0.39 is 0 Å². The molecule has 0 aliphatic carbocycles. The quantitative estimate of drug-likeness (QED) is 0.541. The number of amides is 1. The fourth-order valence-corrected chi connectivity index (χ4v) is 2.39. The van der Waals surface area contributed by atoms with Gasteiger partial charge in [-0.1, -0.05) is 18.2 Å². The van der Waals surface area contributed by atoms with Crippen molar-refractivity contribution in [1.82, 2.24) is 4.90 Å². The molecular formula is C15H22N2O2S. The van der Waals surface area contributed by atoms with Gasteiger partial charge in [0.2, 0.25) is 5.91 Å². The number of aliphatic hydroxyl groups excluding tert-OH is 1. The van der Waals surface area contributed by atoms with E-state index in [9.17, 15) is 4.79 Å². The Morgan fingerprint density at radius 1 is 1.45 bits per heavy atom. The van der Waals surface area contributed by atoms with Crippen LogP contribution in [-0.2, 0) is 4.79 Å². The maximum Gasteiger partial charge on any atom is 0.225 e. The molecule has 0 bridgehead atoms. The molecule has 110 valence electrons. The molecule has 0 heterocycles. The summed E-state index contributed by atoms with van der Waals surface area (Å²) in [6.07, 6.45) is 4.16. The summed E-state index contributed by atoms with van der Waals surface area (Å²) in [7, 11) is 0. The fraction of sp³-hybridized carbons (Fsp3) is 0.400. The van der Waals surface area contributed by atoms with E-state index in [0.717, 1.165) is 10.6 Å². The van der Waals surface area contributed by atoms with Crippen molar-refractivity contribution < 1.29 is 9.90 Å². The average molecular weight is 294 g/mol. The number of hydrogen-bond donors (Lipinski definition) is 2. The highest BCUT2D eigenvalue weighted by atomic mass is 32.2. The monoisotopic (exact) mass is 294 g/mol. The van der Waals surface area contributed by atoms with Crippen molar-refractivity contribution in [2.75, 3.05) is 37.8 Å². The molecule has 0 aliphatic rings. The number of anilines is 1. The summed E-state index contributed by atoms with van der Waals surface area (Å²) in [6.45, 7) is 5.60. The van der Waals surface area contributed by atoms with E-state index in [2.05, 4.69) is 11.9 Å². The van der Waals surface area contributed by atoms with Crippen molar-refractivity contribution >= 4 is 23.4 Å². The first kappa shape index (κ1) is 16.8. The van der Waals surface area contributed by atoms with Crippen molar-refractivity contribution in [3.63, 3.8) is 0 Å². The molecule has 0 aromatic heterocycles. The normalized spacial score (nSPS) is 10.6. The van der Waals surface area contributed by atoms with Crippen LogP contribution in [0.2, 0.25) is 0 Å². The molecule has 0 radical (unpaired) electrons. The third-order valence-electron chi connectivity index (χ3n) is 2.84. The molecule has 0 unspecified atom stereocenters. The van der Waals surface area contributed by atoms with Gasteiger partial charge in [0.25, 0.3) is 0 Å². The van der Waals surface area contributed by atoms with Gasteiger partial charge in [-0.2, -0.15) is 0 Å². The van der Waals surface area contributed by atoms with Crippen LogP contribution in [0.1, 0.15) is 6.42 Å². The van der Waals surface area contributed by atoms with Gasteiger partial charge < -0.3 is 10.4 Å². The number of benzene rings is 1. The lowest BCUT2D eigenvalue weighted by molar-refractivity contribution is -0.116. The molecule has 0 spiro atoms. The zero-order chi connectivity index (χ0) is 14.8. The summed E-state index contributed by atoms with van der Waals surface area (Å²) in [5.74, 6) is -0.0153. The van der Waals surface area contributed by atoms with E-state index >= 15 is 0 Å². The molecule has 1 amide bonds. The lowest BCUT2D eigenvalue weighted by Gasteiger charge is -2.19. The topological polar surface area (TPSA) is 52.6 Å². The van der Waals surface area contributed by atoms with Gasteiger partial charge >= 0.3 is 0 Å². The SMILES string of the molecule is C=CCN(CCO)CCC(=O)Nc1ccccc1SC. The van der Waals surface area contributed by atoms with Crippen LogP contribution >= 0.6 is 11.8 Å². The Morgan fingerprint density at radius 3 is 2.85 bits per heavy atom. The van der Waals surface area contributed by atoms with Gasteiger partial charge in [0, 0.05) is 31.0 Å². The Morgan fingerprint density at radius 2 is 2.20 bits per heavy atom. The van der Waals surface area contributed by atoms with Gasteiger partial charge in [-0.15, -0.1) is 18.3 Å². The highest BCUT2D eigenvalue weighted by molar-refractivity contribution is 7.98. The number of hydrogen-bond acceptors (Lipinski definition) is 4. The average Bonchev–Trinajstić information content (AvgIpc) is 2.46. The second-order valence-electron chi connectivity index (χ2n) is 4.31. The zero-order valence-corrected chi connectivity index (χ0v) is 12.7. The molecule has 0 saturated heterocycles. The number of nitrogens with one attached hydrogen (secondary N) is 1. The maximum atomic E-state index is 12.0. The van der Waals surface area contributed by atoms with Gasteiger partial charge in [-0.3, -0.25) is 9.69 Å². The zero-order valence-electron chi connectivity index (χ0n) is 11.8. The second-order valence-corrected chi connectivity index (χ2v) is 5.16. The molecule has 0 saturated carbocycles. The van der Waals surface area contributed by atoms with Crippen molar-refractivity contribution in [2.45, 2.75) is 11.3 Å². The summed E-state index contributed by atoms with van der Waals surface area (Å²) in [4.78, 5) is 15.0. The smallest absolute Gasteiger partial charge is 0.225 e. The number of carbonyl (C=O) groups excluding carboxylic acids is 1. The summed E-state index contributed by atoms with van der Waals surface area (Å²) >= 11 is 1.61. The molecule has 0 aliphatic heterocycles. The van der Waals surface area contributed by atoms with Crippen LogP contribution in [0.4, 0.5) is 5.69 Å². The molecule has 0 atom stereocenters. The molecule has 2 N–H and O–H groups in total.